The van der Waals surface area contributed by atoms with E-state index in [0.717, 1.165) is 59.5 Å². The number of hydrogen-bond donors (Lipinski definition) is 2. The first-order chi connectivity index (χ1) is 16.8. The number of nitrogens with one attached hydrogen (secondary N) is 2. The molecule has 1 amide bonds. The van der Waals surface area contributed by atoms with Crippen LogP contribution in [0, 0.1) is 0 Å². The molecule has 2 aromatic carbocycles. The van der Waals surface area contributed by atoms with Crippen molar-refractivity contribution in [2.45, 2.75) is 4.90 Å². The molecule has 2 N–H and O–H groups in total. The van der Waals surface area contributed by atoms with Gasteiger partial charge in [0.2, 0.25) is 10.0 Å². The Balaban J connectivity index is 1.37. The van der Waals surface area contributed by atoms with Crippen LogP contribution in [0.2, 0.25) is 0 Å². The Morgan fingerprint density at radius 1 is 1.11 bits per heavy atom. The monoisotopic (exact) mass is 496 g/mol. The number of benzene rings is 2. The first-order valence-corrected chi connectivity index (χ1v) is 12.9. The third-order valence-corrected chi connectivity index (χ3v) is 8.06. The Morgan fingerprint density at radius 3 is 2.69 bits per heavy atom. The van der Waals surface area contributed by atoms with Crippen LogP contribution >= 0.6 is 0 Å². The number of H-pyrrole nitrogens is 1. The number of hydrogen-bond acceptors (Lipinski definition) is 6. The summed E-state index contributed by atoms with van der Waals surface area (Å²) in [4.78, 5) is 18.4. The minimum absolute atomic E-state index is 0.138. The van der Waals surface area contributed by atoms with Crippen LogP contribution < -0.4 is 10.1 Å². The lowest BCUT2D eigenvalue weighted by Gasteiger charge is -2.26. The Kier molecular flexibility index (Phi) is 6.37. The summed E-state index contributed by atoms with van der Waals surface area (Å²) >= 11 is 0. The van der Waals surface area contributed by atoms with Crippen LogP contribution in [0.25, 0.3) is 22.6 Å². The predicted octanol–water partition coefficient (Wildman–Crippen LogP) is 2.62. The highest BCUT2D eigenvalue weighted by Crippen LogP contribution is 2.35. The number of amides is 1. The van der Waals surface area contributed by atoms with Crippen molar-refractivity contribution in [2.24, 2.45) is 0 Å². The van der Waals surface area contributed by atoms with Gasteiger partial charge in [0, 0.05) is 61.6 Å². The van der Waals surface area contributed by atoms with Gasteiger partial charge in [-0.05, 0) is 48.5 Å². The minimum atomic E-state index is -3.62. The van der Waals surface area contributed by atoms with Gasteiger partial charge in [0.25, 0.3) is 5.91 Å². The van der Waals surface area contributed by atoms with Crippen molar-refractivity contribution in [3.05, 3.63) is 53.7 Å². The Labute approximate surface area is 204 Å². The van der Waals surface area contributed by atoms with Crippen LogP contribution in [-0.2, 0) is 19.6 Å². The number of carbonyl (C=O) groups excluding carboxylic acids is 1. The van der Waals surface area contributed by atoms with Gasteiger partial charge in [0.15, 0.2) is 0 Å². The standard InChI is InChI=1S/C25H28N4O5S/c1-28(2)35(31,32)20-4-6-24-21(16-20)22(25(30)27-24)15-18-13-17-14-19(3-5-23(17)26-18)34-12-9-29-7-10-33-11-8-29/h3-6,13-16,26H,7-12H2,1-2H3,(H,27,30)/b22-15+. The van der Waals surface area contributed by atoms with E-state index in [4.69, 9.17) is 9.47 Å². The average molecular weight is 497 g/mol. The summed E-state index contributed by atoms with van der Waals surface area (Å²) in [5.41, 5.74) is 3.21. The van der Waals surface area contributed by atoms with Crippen molar-refractivity contribution in [1.82, 2.24) is 14.2 Å². The average Bonchev–Trinajstić information content (AvgIpc) is 3.39. The molecule has 0 aliphatic carbocycles. The molecule has 5 rings (SSSR count). The van der Waals surface area contributed by atoms with E-state index in [9.17, 15) is 13.2 Å². The normalized spacial score (nSPS) is 17.8. The Hall–Kier alpha value is -3.18. The zero-order valence-electron chi connectivity index (χ0n) is 19.7. The molecule has 35 heavy (non-hydrogen) atoms. The van der Waals surface area contributed by atoms with Crippen molar-refractivity contribution in [3.8, 4) is 5.75 Å². The second-order valence-corrected chi connectivity index (χ2v) is 10.9. The van der Waals surface area contributed by atoms with Crippen LogP contribution in [0.1, 0.15) is 11.3 Å². The van der Waals surface area contributed by atoms with Gasteiger partial charge in [-0.25, -0.2) is 12.7 Å². The third kappa shape index (κ3) is 4.83. The van der Waals surface area contributed by atoms with Crippen LogP contribution in [0.4, 0.5) is 5.69 Å². The molecule has 2 aliphatic heterocycles. The number of sulfonamides is 1. The molecular formula is C25H28N4O5S. The molecule has 184 valence electrons. The molecule has 2 aliphatic rings. The maximum Gasteiger partial charge on any atom is 0.256 e. The van der Waals surface area contributed by atoms with E-state index in [0.29, 0.717) is 23.4 Å². The summed E-state index contributed by atoms with van der Waals surface area (Å²) in [5, 5.41) is 3.77. The number of nitrogens with zero attached hydrogens (tertiary/aromatic N) is 2. The number of rotatable bonds is 7. The van der Waals surface area contributed by atoms with Crippen molar-refractivity contribution < 1.29 is 22.7 Å². The van der Waals surface area contributed by atoms with E-state index < -0.39 is 10.0 Å². The maximum atomic E-state index is 12.7. The van der Waals surface area contributed by atoms with E-state index in [1.54, 1.807) is 12.1 Å². The fourth-order valence-electron chi connectivity index (χ4n) is 4.26. The fourth-order valence-corrected chi connectivity index (χ4v) is 5.18. The van der Waals surface area contributed by atoms with Gasteiger partial charge in [-0.2, -0.15) is 0 Å². The number of ether oxygens (including phenoxy) is 2. The van der Waals surface area contributed by atoms with E-state index in [1.165, 1.54) is 26.2 Å². The van der Waals surface area contributed by atoms with Gasteiger partial charge in [0.05, 0.1) is 23.7 Å². The molecule has 1 aromatic heterocycles. The molecule has 0 bridgehead atoms. The van der Waals surface area contributed by atoms with Crippen molar-refractivity contribution in [1.29, 1.82) is 0 Å². The van der Waals surface area contributed by atoms with Crippen LogP contribution in [-0.4, -0.2) is 82.1 Å². The second-order valence-electron chi connectivity index (χ2n) is 8.78. The summed E-state index contributed by atoms with van der Waals surface area (Å²) in [7, 11) is -0.657. The fraction of sp³-hybridized carbons (Fsp3) is 0.320. The number of fused-ring (bicyclic) bond motifs is 2. The first kappa shape index (κ1) is 23.6. The van der Waals surface area contributed by atoms with Crippen LogP contribution in [0.15, 0.2) is 47.4 Å². The van der Waals surface area contributed by atoms with E-state index in [1.807, 2.05) is 24.3 Å². The Bertz CT molecular complexity index is 1400. The van der Waals surface area contributed by atoms with Crippen molar-refractivity contribution in [2.75, 3.05) is 58.9 Å². The van der Waals surface area contributed by atoms with Gasteiger partial charge in [-0.3, -0.25) is 9.69 Å². The summed E-state index contributed by atoms with van der Waals surface area (Å²) < 4.78 is 37.6. The lowest BCUT2D eigenvalue weighted by molar-refractivity contribution is -0.110. The lowest BCUT2D eigenvalue weighted by Crippen LogP contribution is -2.38. The minimum Gasteiger partial charge on any atom is -0.492 e. The smallest absolute Gasteiger partial charge is 0.256 e. The highest BCUT2D eigenvalue weighted by atomic mass is 32.2. The molecule has 3 aromatic rings. The predicted molar refractivity (Wildman–Crippen MR) is 135 cm³/mol. The highest BCUT2D eigenvalue weighted by molar-refractivity contribution is 7.89. The molecule has 9 nitrogen and oxygen atoms in total. The van der Waals surface area contributed by atoms with Crippen molar-refractivity contribution >= 4 is 44.2 Å². The van der Waals surface area contributed by atoms with Crippen LogP contribution in [0.5, 0.6) is 5.75 Å². The molecule has 1 fully saturated rings. The van der Waals surface area contributed by atoms with E-state index in [-0.39, 0.29) is 10.8 Å². The zero-order chi connectivity index (χ0) is 24.6. The number of anilines is 1. The number of aromatic nitrogens is 1. The van der Waals surface area contributed by atoms with E-state index in [2.05, 4.69) is 15.2 Å². The van der Waals surface area contributed by atoms with Crippen molar-refractivity contribution in [3.63, 3.8) is 0 Å². The SMILES string of the molecule is CN(C)S(=O)(=O)c1ccc2c(c1)/C(=C\c1cc3cc(OCCN4CCOCC4)ccc3[nH]1)C(=O)N2. The first-order valence-electron chi connectivity index (χ1n) is 11.5. The number of carbonyl (C=O) groups is 1. The van der Waals surface area contributed by atoms with Gasteiger partial charge in [-0.1, -0.05) is 0 Å². The zero-order valence-corrected chi connectivity index (χ0v) is 20.5. The summed E-state index contributed by atoms with van der Waals surface area (Å²) in [5.74, 6) is 0.511. The van der Waals surface area contributed by atoms with Gasteiger partial charge < -0.3 is 19.8 Å². The number of morpholine rings is 1. The summed E-state index contributed by atoms with van der Waals surface area (Å²) in [6.07, 6.45) is 1.74. The molecule has 0 radical (unpaired) electrons. The molecular weight excluding hydrogens is 468 g/mol. The highest BCUT2D eigenvalue weighted by Gasteiger charge is 2.27. The lowest BCUT2D eigenvalue weighted by atomic mass is 10.1. The molecule has 0 atom stereocenters. The van der Waals surface area contributed by atoms with Gasteiger partial charge in [0.1, 0.15) is 12.4 Å². The second kappa shape index (κ2) is 9.46. The third-order valence-electron chi connectivity index (χ3n) is 6.25. The molecule has 0 spiro atoms. The largest absolute Gasteiger partial charge is 0.492 e. The van der Waals surface area contributed by atoms with Gasteiger partial charge in [-0.15, -0.1) is 0 Å². The summed E-state index contributed by atoms with van der Waals surface area (Å²) in [6, 6.07) is 12.5. The molecule has 10 heteroatoms. The molecule has 3 heterocycles. The van der Waals surface area contributed by atoms with Crippen LogP contribution in [0.3, 0.4) is 0 Å². The molecule has 1 saturated heterocycles. The molecule has 0 unspecified atom stereocenters. The Morgan fingerprint density at radius 2 is 1.91 bits per heavy atom. The maximum absolute atomic E-state index is 12.7. The van der Waals surface area contributed by atoms with E-state index >= 15 is 0 Å². The number of aromatic amines is 1. The summed E-state index contributed by atoms with van der Waals surface area (Å²) in [6.45, 7) is 4.84. The topological polar surface area (TPSA) is 104 Å². The quantitative estimate of drug-likeness (QED) is 0.488. The van der Waals surface area contributed by atoms with Gasteiger partial charge >= 0.3 is 0 Å². The molecule has 0 saturated carbocycles.